The maximum absolute atomic E-state index is 13.0. The lowest BCUT2D eigenvalue weighted by atomic mass is 9.97. The lowest BCUT2D eigenvalue weighted by Crippen LogP contribution is -2.43. The van der Waals surface area contributed by atoms with E-state index in [4.69, 9.17) is 0 Å². The molecule has 2 aromatic heterocycles. The van der Waals surface area contributed by atoms with E-state index in [9.17, 15) is 14.4 Å². The van der Waals surface area contributed by atoms with E-state index in [1.807, 2.05) is 31.2 Å². The first-order valence-corrected chi connectivity index (χ1v) is 12.5. The smallest absolute Gasteiger partial charge is 0.273 e. The molecule has 2 N–H and O–H groups in total. The van der Waals surface area contributed by atoms with Crippen LogP contribution in [0.5, 0.6) is 0 Å². The number of benzene rings is 1. The van der Waals surface area contributed by atoms with E-state index in [0.717, 1.165) is 43.4 Å². The Hall–Kier alpha value is -3.27. The van der Waals surface area contributed by atoms with E-state index in [2.05, 4.69) is 25.5 Å². The summed E-state index contributed by atoms with van der Waals surface area (Å²) < 4.78 is 1.74. The third-order valence-electron chi connectivity index (χ3n) is 6.28. The van der Waals surface area contributed by atoms with Gasteiger partial charge in [-0.15, -0.1) is 0 Å². The van der Waals surface area contributed by atoms with Gasteiger partial charge in [0, 0.05) is 25.7 Å². The van der Waals surface area contributed by atoms with Crippen molar-refractivity contribution in [3.8, 4) is 0 Å². The van der Waals surface area contributed by atoms with Gasteiger partial charge in [0.2, 0.25) is 11.8 Å². The van der Waals surface area contributed by atoms with Gasteiger partial charge in [-0.05, 0) is 38.2 Å². The highest BCUT2D eigenvalue weighted by molar-refractivity contribution is 7.22. The van der Waals surface area contributed by atoms with E-state index in [1.54, 1.807) is 0 Å². The van der Waals surface area contributed by atoms with Crippen molar-refractivity contribution < 1.29 is 9.59 Å². The molecule has 1 saturated carbocycles. The number of hydrogen-bond donors (Lipinski definition) is 2. The highest BCUT2D eigenvalue weighted by Gasteiger charge is 2.31. The maximum atomic E-state index is 13.0. The van der Waals surface area contributed by atoms with Gasteiger partial charge < -0.3 is 15.5 Å². The molecule has 2 fully saturated rings. The highest BCUT2D eigenvalue weighted by Crippen LogP contribution is 2.30. The van der Waals surface area contributed by atoms with Crippen LogP contribution in [-0.2, 0) is 22.7 Å². The number of nitrogens with zero attached hydrogens (tertiary/aromatic N) is 4. The molecule has 0 bridgehead atoms. The number of aryl methyl sites for hydroxylation is 1. The van der Waals surface area contributed by atoms with Crippen LogP contribution in [-0.4, -0.2) is 45.5 Å². The molecule has 3 heterocycles. The van der Waals surface area contributed by atoms with Gasteiger partial charge >= 0.3 is 0 Å². The fourth-order valence-corrected chi connectivity index (χ4v) is 5.12. The molecular weight excluding hydrogens is 452 g/mol. The van der Waals surface area contributed by atoms with Gasteiger partial charge in [0.25, 0.3) is 5.56 Å². The fourth-order valence-electron chi connectivity index (χ4n) is 4.11. The van der Waals surface area contributed by atoms with Crippen LogP contribution in [0.2, 0.25) is 0 Å². The molecule has 1 saturated heterocycles. The minimum absolute atomic E-state index is 0.0665. The number of hydrogen-bond acceptors (Lipinski definition) is 7. The number of nitrogens with one attached hydrogen (secondary N) is 2. The average Bonchev–Trinajstić information content (AvgIpc) is 3.55. The van der Waals surface area contributed by atoms with Crippen LogP contribution in [0.4, 0.5) is 5.13 Å². The lowest BCUT2D eigenvalue weighted by molar-refractivity contribution is -0.125. The standard InChI is InChI=1S/C24H28N6O3S/c1-15-4-6-16(7-5-15)11-25-19(31)13-30-14-26-21-20(23(30)33)34-24(28-21)29-10-2-3-17(12-29)22(32)27-18-8-9-18/h4-7,14,17-18H,2-3,8-13H2,1H3,(H,25,31)(H,27,32)/t17-/m0/s1. The quantitative estimate of drug-likeness (QED) is 0.535. The van der Waals surface area contributed by atoms with E-state index in [0.29, 0.717) is 34.6 Å². The number of carbonyl (C=O) groups excluding carboxylic acids is 2. The predicted molar refractivity (Wildman–Crippen MR) is 131 cm³/mol. The van der Waals surface area contributed by atoms with Crippen LogP contribution in [0.15, 0.2) is 35.4 Å². The summed E-state index contributed by atoms with van der Waals surface area (Å²) in [5, 5.41) is 6.64. The van der Waals surface area contributed by atoms with Gasteiger partial charge in [-0.3, -0.25) is 19.0 Å². The molecule has 2 aliphatic rings. The molecule has 0 unspecified atom stereocenters. The third kappa shape index (κ3) is 5.11. The van der Waals surface area contributed by atoms with Crippen LogP contribution >= 0.6 is 11.3 Å². The summed E-state index contributed by atoms with van der Waals surface area (Å²) in [7, 11) is 0. The van der Waals surface area contributed by atoms with E-state index in [-0.39, 0.29) is 29.8 Å². The van der Waals surface area contributed by atoms with Crippen molar-refractivity contribution in [2.24, 2.45) is 5.92 Å². The zero-order valence-corrected chi connectivity index (χ0v) is 19.9. The Morgan fingerprint density at radius 1 is 1.18 bits per heavy atom. The SMILES string of the molecule is Cc1ccc(CNC(=O)Cn2cnc3nc(N4CCC[C@H](C(=O)NC5CC5)C4)sc3c2=O)cc1. The van der Waals surface area contributed by atoms with Gasteiger partial charge in [0.05, 0.1) is 5.92 Å². The summed E-state index contributed by atoms with van der Waals surface area (Å²) in [6.45, 7) is 3.70. The molecular formula is C24H28N6O3S. The Balaban J connectivity index is 1.25. The summed E-state index contributed by atoms with van der Waals surface area (Å²) in [4.78, 5) is 48.9. The number of aromatic nitrogens is 3. The summed E-state index contributed by atoms with van der Waals surface area (Å²) >= 11 is 1.28. The van der Waals surface area contributed by atoms with Crippen molar-refractivity contribution in [2.75, 3.05) is 18.0 Å². The average molecular weight is 481 g/mol. The molecule has 9 nitrogen and oxygen atoms in total. The summed E-state index contributed by atoms with van der Waals surface area (Å²) in [6, 6.07) is 8.27. The Labute approximate surface area is 201 Å². The Morgan fingerprint density at radius 2 is 1.97 bits per heavy atom. The number of rotatable bonds is 7. The van der Waals surface area contributed by atoms with Crippen LogP contribution in [0.1, 0.15) is 36.8 Å². The van der Waals surface area contributed by atoms with Crippen molar-refractivity contribution in [1.29, 1.82) is 0 Å². The van der Waals surface area contributed by atoms with E-state index < -0.39 is 0 Å². The van der Waals surface area contributed by atoms with Gasteiger partial charge in [-0.25, -0.2) is 4.98 Å². The second kappa shape index (κ2) is 9.54. The van der Waals surface area contributed by atoms with Gasteiger partial charge in [0.1, 0.15) is 17.6 Å². The highest BCUT2D eigenvalue weighted by atomic mass is 32.1. The maximum Gasteiger partial charge on any atom is 0.273 e. The van der Waals surface area contributed by atoms with Crippen molar-refractivity contribution in [3.63, 3.8) is 0 Å². The van der Waals surface area contributed by atoms with Crippen LogP contribution in [0, 0.1) is 12.8 Å². The van der Waals surface area contributed by atoms with Gasteiger partial charge in [0.15, 0.2) is 10.8 Å². The monoisotopic (exact) mass is 480 g/mol. The third-order valence-corrected chi connectivity index (χ3v) is 7.38. The molecule has 0 spiro atoms. The van der Waals surface area contributed by atoms with E-state index in [1.165, 1.54) is 22.2 Å². The normalized spacial score (nSPS) is 18.1. The minimum atomic E-state index is -0.278. The first-order valence-electron chi connectivity index (χ1n) is 11.7. The fraction of sp³-hybridized carbons (Fsp3) is 0.458. The number of carbonyl (C=O) groups is 2. The summed E-state index contributed by atoms with van der Waals surface area (Å²) in [6.07, 6.45) is 5.28. The van der Waals surface area contributed by atoms with Crippen molar-refractivity contribution in [1.82, 2.24) is 25.2 Å². The number of thiazole rings is 1. The second-order valence-corrected chi connectivity index (χ2v) is 10.1. The molecule has 178 valence electrons. The zero-order valence-electron chi connectivity index (χ0n) is 19.1. The first kappa shape index (κ1) is 22.5. The molecule has 1 aromatic carbocycles. The van der Waals surface area contributed by atoms with Gasteiger partial charge in [-0.2, -0.15) is 4.98 Å². The summed E-state index contributed by atoms with van der Waals surface area (Å²) in [5.41, 5.74) is 2.26. The first-order chi connectivity index (χ1) is 16.5. The molecule has 0 radical (unpaired) electrons. The van der Waals surface area contributed by atoms with Crippen molar-refractivity contribution in [3.05, 3.63) is 52.1 Å². The van der Waals surface area contributed by atoms with Crippen LogP contribution < -0.4 is 21.1 Å². The largest absolute Gasteiger partial charge is 0.353 e. The molecule has 34 heavy (non-hydrogen) atoms. The predicted octanol–water partition coefficient (Wildman–Crippen LogP) is 1.97. The molecule has 3 aromatic rings. The van der Waals surface area contributed by atoms with Crippen molar-refractivity contribution in [2.45, 2.75) is 51.7 Å². The van der Waals surface area contributed by atoms with E-state index >= 15 is 0 Å². The molecule has 2 amide bonds. The number of anilines is 1. The molecule has 1 aliphatic heterocycles. The number of piperidine rings is 1. The van der Waals surface area contributed by atoms with Crippen LogP contribution in [0.25, 0.3) is 10.3 Å². The molecule has 1 atom stereocenters. The molecule has 1 aliphatic carbocycles. The topological polar surface area (TPSA) is 109 Å². The van der Waals surface area contributed by atoms with Gasteiger partial charge in [-0.1, -0.05) is 41.2 Å². The molecule has 10 heteroatoms. The lowest BCUT2D eigenvalue weighted by Gasteiger charge is -2.31. The van der Waals surface area contributed by atoms with Crippen LogP contribution in [0.3, 0.4) is 0 Å². The zero-order chi connectivity index (χ0) is 23.7. The second-order valence-electron chi connectivity index (χ2n) is 9.16. The minimum Gasteiger partial charge on any atom is -0.353 e. The Morgan fingerprint density at radius 3 is 2.74 bits per heavy atom. The number of fused-ring (bicyclic) bond motifs is 1. The number of amides is 2. The Bertz CT molecular complexity index is 1260. The van der Waals surface area contributed by atoms with Crippen molar-refractivity contribution >= 4 is 38.6 Å². The summed E-state index contributed by atoms with van der Waals surface area (Å²) in [5.74, 6) is -0.206. The Kier molecular flexibility index (Phi) is 6.32. The molecule has 5 rings (SSSR count).